The van der Waals surface area contributed by atoms with E-state index in [4.69, 9.17) is 4.74 Å². The average molecular weight is 209 g/mol. The number of hydrogen-bond acceptors (Lipinski definition) is 2. The maximum atomic E-state index is 12.3. The quantitative estimate of drug-likeness (QED) is 0.694. The molecule has 0 aliphatic carbocycles. The lowest BCUT2D eigenvalue weighted by Crippen LogP contribution is -2.46. The fourth-order valence-electron chi connectivity index (χ4n) is 1.09. The standard InChI is InChI=1S/C10H21F2NO/c1-5-14-6-9(7(2)3)13-8(4)10(11)12/h7-10,13H,5-6H2,1-4H3. The summed E-state index contributed by atoms with van der Waals surface area (Å²) in [7, 11) is 0. The molecule has 0 saturated carbocycles. The van der Waals surface area contributed by atoms with Gasteiger partial charge in [0, 0.05) is 12.6 Å². The van der Waals surface area contributed by atoms with Crippen LogP contribution in [0.1, 0.15) is 27.7 Å². The van der Waals surface area contributed by atoms with Crippen LogP contribution >= 0.6 is 0 Å². The maximum absolute atomic E-state index is 12.3. The van der Waals surface area contributed by atoms with Gasteiger partial charge in [-0.15, -0.1) is 0 Å². The molecule has 0 aliphatic rings. The Kier molecular flexibility index (Phi) is 7.01. The molecule has 0 fully saturated rings. The summed E-state index contributed by atoms with van der Waals surface area (Å²) in [5, 5.41) is 2.88. The van der Waals surface area contributed by atoms with Gasteiger partial charge in [0.15, 0.2) is 0 Å². The number of alkyl halides is 2. The zero-order chi connectivity index (χ0) is 11.1. The Balaban J connectivity index is 3.95. The number of halogens is 2. The van der Waals surface area contributed by atoms with Gasteiger partial charge in [-0.05, 0) is 19.8 Å². The number of nitrogens with one attached hydrogen (secondary N) is 1. The van der Waals surface area contributed by atoms with Gasteiger partial charge in [-0.2, -0.15) is 0 Å². The van der Waals surface area contributed by atoms with Crippen molar-refractivity contribution in [1.29, 1.82) is 0 Å². The molecule has 0 bridgehead atoms. The minimum absolute atomic E-state index is 0.000972. The van der Waals surface area contributed by atoms with Crippen LogP contribution in [0, 0.1) is 5.92 Å². The molecule has 0 rings (SSSR count). The highest BCUT2D eigenvalue weighted by Crippen LogP contribution is 2.07. The Labute approximate surface area is 85.0 Å². The number of ether oxygens (including phenoxy) is 1. The Morgan fingerprint density at radius 2 is 1.79 bits per heavy atom. The molecule has 2 nitrogen and oxygen atoms in total. The summed E-state index contributed by atoms with van der Waals surface area (Å²) >= 11 is 0. The summed E-state index contributed by atoms with van der Waals surface area (Å²) < 4.78 is 29.8. The van der Waals surface area contributed by atoms with E-state index in [2.05, 4.69) is 5.32 Å². The molecule has 0 saturated heterocycles. The van der Waals surface area contributed by atoms with Crippen molar-refractivity contribution in [1.82, 2.24) is 5.32 Å². The van der Waals surface area contributed by atoms with E-state index in [1.54, 1.807) is 0 Å². The highest BCUT2D eigenvalue weighted by molar-refractivity contribution is 4.75. The predicted molar refractivity (Wildman–Crippen MR) is 53.7 cm³/mol. The summed E-state index contributed by atoms with van der Waals surface area (Å²) in [4.78, 5) is 0. The molecule has 0 aliphatic heterocycles. The van der Waals surface area contributed by atoms with Gasteiger partial charge in [0.25, 0.3) is 6.43 Å². The minimum Gasteiger partial charge on any atom is -0.380 e. The first kappa shape index (κ1) is 13.8. The van der Waals surface area contributed by atoms with Crippen molar-refractivity contribution >= 4 is 0 Å². The predicted octanol–water partition coefficient (Wildman–Crippen LogP) is 2.29. The third-order valence-electron chi connectivity index (χ3n) is 2.16. The van der Waals surface area contributed by atoms with E-state index in [-0.39, 0.29) is 6.04 Å². The van der Waals surface area contributed by atoms with E-state index in [9.17, 15) is 8.78 Å². The maximum Gasteiger partial charge on any atom is 0.253 e. The monoisotopic (exact) mass is 209 g/mol. The van der Waals surface area contributed by atoms with Crippen molar-refractivity contribution in [2.45, 2.75) is 46.2 Å². The van der Waals surface area contributed by atoms with Gasteiger partial charge in [0.2, 0.25) is 0 Å². The minimum atomic E-state index is -2.32. The van der Waals surface area contributed by atoms with Crippen LogP contribution in [0.15, 0.2) is 0 Å². The summed E-state index contributed by atoms with van der Waals surface area (Å²) in [6.07, 6.45) is -2.32. The molecule has 0 aromatic heterocycles. The highest BCUT2D eigenvalue weighted by Gasteiger charge is 2.21. The van der Waals surface area contributed by atoms with Crippen LogP contribution in [0.3, 0.4) is 0 Å². The SMILES string of the molecule is CCOCC(NC(C)C(F)F)C(C)C. The van der Waals surface area contributed by atoms with E-state index in [0.29, 0.717) is 19.1 Å². The van der Waals surface area contributed by atoms with E-state index >= 15 is 0 Å². The second kappa shape index (κ2) is 7.12. The van der Waals surface area contributed by atoms with Gasteiger partial charge < -0.3 is 10.1 Å². The molecule has 2 unspecified atom stereocenters. The van der Waals surface area contributed by atoms with Gasteiger partial charge in [-0.3, -0.25) is 0 Å². The van der Waals surface area contributed by atoms with Crippen LogP contribution in [0.5, 0.6) is 0 Å². The second-order valence-corrected chi connectivity index (χ2v) is 3.80. The van der Waals surface area contributed by atoms with Crippen molar-refractivity contribution in [2.75, 3.05) is 13.2 Å². The van der Waals surface area contributed by atoms with Gasteiger partial charge in [0.1, 0.15) is 0 Å². The molecule has 1 N–H and O–H groups in total. The van der Waals surface area contributed by atoms with Crippen LogP contribution in [-0.4, -0.2) is 31.7 Å². The molecular formula is C10H21F2NO. The third-order valence-corrected chi connectivity index (χ3v) is 2.16. The molecule has 86 valence electrons. The molecule has 0 amide bonds. The van der Waals surface area contributed by atoms with Crippen molar-refractivity contribution in [3.8, 4) is 0 Å². The molecule has 0 radical (unpaired) electrons. The second-order valence-electron chi connectivity index (χ2n) is 3.80. The van der Waals surface area contributed by atoms with Crippen LogP contribution in [0.2, 0.25) is 0 Å². The highest BCUT2D eigenvalue weighted by atomic mass is 19.3. The van der Waals surface area contributed by atoms with E-state index < -0.39 is 12.5 Å². The Morgan fingerprint density at radius 3 is 2.14 bits per heavy atom. The first-order valence-corrected chi connectivity index (χ1v) is 5.11. The molecule has 0 heterocycles. The Morgan fingerprint density at radius 1 is 1.21 bits per heavy atom. The van der Waals surface area contributed by atoms with Crippen LogP contribution in [0.25, 0.3) is 0 Å². The van der Waals surface area contributed by atoms with E-state index in [1.165, 1.54) is 6.92 Å². The summed E-state index contributed by atoms with van der Waals surface area (Å²) in [6, 6.07) is -0.776. The summed E-state index contributed by atoms with van der Waals surface area (Å²) in [5.74, 6) is 0.294. The molecule has 4 heteroatoms. The topological polar surface area (TPSA) is 21.3 Å². The molecular weight excluding hydrogens is 188 g/mol. The zero-order valence-electron chi connectivity index (χ0n) is 9.39. The lowest BCUT2D eigenvalue weighted by atomic mass is 10.0. The van der Waals surface area contributed by atoms with Gasteiger partial charge in [-0.25, -0.2) is 8.78 Å². The Bertz CT molecular complexity index is 142. The number of hydrogen-bond donors (Lipinski definition) is 1. The Hall–Kier alpha value is -0.220. The molecule has 14 heavy (non-hydrogen) atoms. The zero-order valence-corrected chi connectivity index (χ0v) is 9.39. The molecule has 2 atom stereocenters. The van der Waals surface area contributed by atoms with Gasteiger partial charge in [-0.1, -0.05) is 13.8 Å². The first-order valence-electron chi connectivity index (χ1n) is 5.11. The van der Waals surface area contributed by atoms with Crippen molar-refractivity contribution in [3.05, 3.63) is 0 Å². The molecule has 0 aromatic carbocycles. The lowest BCUT2D eigenvalue weighted by Gasteiger charge is -2.25. The fourth-order valence-corrected chi connectivity index (χ4v) is 1.09. The van der Waals surface area contributed by atoms with Crippen LogP contribution in [0.4, 0.5) is 8.78 Å². The van der Waals surface area contributed by atoms with E-state index in [1.807, 2.05) is 20.8 Å². The van der Waals surface area contributed by atoms with Crippen molar-refractivity contribution in [3.63, 3.8) is 0 Å². The largest absolute Gasteiger partial charge is 0.380 e. The molecule has 0 spiro atoms. The number of rotatable bonds is 7. The van der Waals surface area contributed by atoms with Crippen LogP contribution < -0.4 is 5.32 Å². The van der Waals surface area contributed by atoms with Crippen molar-refractivity contribution in [2.24, 2.45) is 5.92 Å². The smallest absolute Gasteiger partial charge is 0.253 e. The van der Waals surface area contributed by atoms with Crippen molar-refractivity contribution < 1.29 is 13.5 Å². The summed E-state index contributed by atoms with van der Waals surface area (Å²) in [5.41, 5.74) is 0. The van der Waals surface area contributed by atoms with Crippen LogP contribution in [-0.2, 0) is 4.74 Å². The molecule has 0 aromatic rings. The van der Waals surface area contributed by atoms with E-state index in [0.717, 1.165) is 0 Å². The van der Waals surface area contributed by atoms with Gasteiger partial charge >= 0.3 is 0 Å². The normalized spacial score (nSPS) is 16.3. The first-order chi connectivity index (χ1) is 6.49. The third kappa shape index (κ3) is 5.50. The fraction of sp³-hybridized carbons (Fsp3) is 1.00. The average Bonchev–Trinajstić information content (AvgIpc) is 2.10. The van der Waals surface area contributed by atoms with Gasteiger partial charge in [0.05, 0.1) is 12.6 Å². The lowest BCUT2D eigenvalue weighted by molar-refractivity contribution is 0.0665. The summed E-state index contributed by atoms with van der Waals surface area (Å²) in [6.45, 7) is 8.49.